The highest BCUT2D eigenvalue weighted by molar-refractivity contribution is 5.84. The molecule has 0 fully saturated rings. The molecule has 2 heterocycles. The van der Waals surface area contributed by atoms with Gasteiger partial charge in [-0.15, -0.1) is 0 Å². The Hall–Kier alpha value is -3.37. The quantitative estimate of drug-likeness (QED) is 0.623. The van der Waals surface area contributed by atoms with E-state index in [1.165, 1.54) is 0 Å². The molecule has 0 aliphatic heterocycles. The first-order valence-corrected chi connectivity index (χ1v) is 9.48. The Labute approximate surface area is 171 Å². The maximum atomic E-state index is 9.72. The molecule has 0 saturated heterocycles. The van der Waals surface area contributed by atoms with Crippen molar-refractivity contribution in [1.29, 1.82) is 5.26 Å². The number of aryl methyl sites for hydroxylation is 1. The van der Waals surface area contributed by atoms with E-state index >= 15 is 0 Å². The molecule has 0 bridgehead atoms. The normalized spacial score (nSPS) is 10.9. The summed E-state index contributed by atoms with van der Waals surface area (Å²) in [5.41, 5.74) is 10.6. The number of nitrogens with two attached hydrogens (primary N) is 1. The fraction of sp³-hybridized carbons (Fsp3) is 0.318. The van der Waals surface area contributed by atoms with Crippen LogP contribution in [0.4, 0.5) is 5.82 Å². The number of nitrogen functional groups attached to an aromatic ring is 1. The molecular formula is C22H26N6O. The lowest BCUT2D eigenvalue weighted by atomic mass is 9.93. The van der Waals surface area contributed by atoms with Gasteiger partial charge in [0.05, 0.1) is 18.5 Å². The summed E-state index contributed by atoms with van der Waals surface area (Å²) in [5, 5.41) is 13.9. The van der Waals surface area contributed by atoms with E-state index in [1.54, 1.807) is 10.9 Å². The van der Waals surface area contributed by atoms with Crippen molar-refractivity contribution in [3.63, 3.8) is 0 Å². The van der Waals surface area contributed by atoms with Gasteiger partial charge in [-0.25, -0.2) is 4.98 Å². The van der Waals surface area contributed by atoms with Gasteiger partial charge in [-0.1, -0.05) is 12.1 Å². The highest BCUT2D eigenvalue weighted by atomic mass is 16.5. The molecule has 29 heavy (non-hydrogen) atoms. The van der Waals surface area contributed by atoms with Gasteiger partial charge in [0.15, 0.2) is 0 Å². The lowest BCUT2D eigenvalue weighted by molar-refractivity contribution is 0.281. The third kappa shape index (κ3) is 4.55. The lowest BCUT2D eigenvalue weighted by Crippen LogP contribution is -2.15. The fourth-order valence-corrected chi connectivity index (χ4v) is 3.30. The molecule has 0 saturated carbocycles. The molecular weight excluding hydrogens is 364 g/mol. The molecule has 0 aliphatic carbocycles. The van der Waals surface area contributed by atoms with Crippen LogP contribution < -0.4 is 10.5 Å². The first-order chi connectivity index (χ1) is 13.9. The fourth-order valence-electron chi connectivity index (χ4n) is 3.30. The second kappa shape index (κ2) is 8.76. The molecule has 3 rings (SSSR count). The summed E-state index contributed by atoms with van der Waals surface area (Å²) in [7, 11) is 5.94. The average molecular weight is 390 g/mol. The van der Waals surface area contributed by atoms with Crippen molar-refractivity contribution in [2.75, 3.05) is 33.0 Å². The molecule has 1 aromatic carbocycles. The van der Waals surface area contributed by atoms with Crippen LogP contribution in [-0.4, -0.2) is 46.9 Å². The van der Waals surface area contributed by atoms with Gasteiger partial charge in [0, 0.05) is 30.9 Å². The van der Waals surface area contributed by atoms with Gasteiger partial charge in [0.1, 0.15) is 23.2 Å². The van der Waals surface area contributed by atoms with Crippen molar-refractivity contribution in [2.45, 2.75) is 13.3 Å². The highest BCUT2D eigenvalue weighted by Crippen LogP contribution is 2.36. The van der Waals surface area contributed by atoms with E-state index in [0.717, 1.165) is 46.7 Å². The smallest absolute Gasteiger partial charge is 0.142 e. The molecule has 0 spiro atoms. The van der Waals surface area contributed by atoms with Crippen LogP contribution in [0.5, 0.6) is 5.75 Å². The Bertz CT molecular complexity index is 1050. The van der Waals surface area contributed by atoms with Crippen molar-refractivity contribution in [1.82, 2.24) is 19.7 Å². The maximum absolute atomic E-state index is 9.72. The highest BCUT2D eigenvalue weighted by Gasteiger charge is 2.19. The molecule has 0 atom stereocenters. The van der Waals surface area contributed by atoms with Crippen LogP contribution in [0.2, 0.25) is 0 Å². The summed E-state index contributed by atoms with van der Waals surface area (Å²) >= 11 is 0. The Balaban J connectivity index is 2.00. The van der Waals surface area contributed by atoms with E-state index in [9.17, 15) is 5.26 Å². The van der Waals surface area contributed by atoms with Crippen LogP contribution >= 0.6 is 0 Å². The summed E-state index contributed by atoms with van der Waals surface area (Å²) in [6.45, 7) is 3.55. The number of nitriles is 1. The zero-order valence-corrected chi connectivity index (χ0v) is 17.3. The Morgan fingerprint density at radius 2 is 2.07 bits per heavy atom. The molecule has 2 aromatic heterocycles. The molecule has 3 aromatic rings. The number of anilines is 1. The molecule has 2 N–H and O–H groups in total. The molecule has 150 valence electrons. The van der Waals surface area contributed by atoms with Gasteiger partial charge in [0.2, 0.25) is 0 Å². The first kappa shape index (κ1) is 20.4. The number of ether oxygens (including phenoxy) is 1. The van der Waals surface area contributed by atoms with Crippen LogP contribution in [0.3, 0.4) is 0 Å². The predicted molar refractivity (Wildman–Crippen MR) is 114 cm³/mol. The Morgan fingerprint density at radius 3 is 2.72 bits per heavy atom. The number of aromatic nitrogens is 3. The molecule has 0 radical (unpaired) electrons. The van der Waals surface area contributed by atoms with E-state index < -0.39 is 0 Å². The van der Waals surface area contributed by atoms with Gasteiger partial charge in [-0.2, -0.15) is 10.4 Å². The number of benzene rings is 1. The van der Waals surface area contributed by atoms with Gasteiger partial charge in [0.25, 0.3) is 0 Å². The van der Waals surface area contributed by atoms with Crippen molar-refractivity contribution >= 4 is 5.82 Å². The van der Waals surface area contributed by atoms with E-state index in [1.807, 2.05) is 58.5 Å². The van der Waals surface area contributed by atoms with Crippen molar-refractivity contribution in [3.8, 4) is 34.2 Å². The van der Waals surface area contributed by atoms with Crippen LogP contribution in [0, 0.1) is 18.3 Å². The van der Waals surface area contributed by atoms with Gasteiger partial charge in [-0.3, -0.25) is 4.68 Å². The minimum Gasteiger partial charge on any atom is -0.494 e. The zero-order chi connectivity index (χ0) is 21.0. The maximum Gasteiger partial charge on any atom is 0.142 e. The van der Waals surface area contributed by atoms with Gasteiger partial charge in [-0.05, 0) is 50.7 Å². The van der Waals surface area contributed by atoms with E-state index in [2.05, 4.69) is 21.1 Å². The summed E-state index contributed by atoms with van der Waals surface area (Å²) in [6, 6.07) is 9.98. The number of rotatable bonds is 7. The standard InChI is InChI=1S/C22H26N6O/c1-15-20(16-7-5-8-18(11-16)29-10-6-9-27(2)3)19(12-23)22(24)26-21(15)17-13-25-28(4)14-17/h5,7-8,11,13-14H,6,9-10H2,1-4H3,(H2,24,26). The van der Waals surface area contributed by atoms with Crippen LogP contribution in [0.1, 0.15) is 17.5 Å². The minimum atomic E-state index is 0.212. The number of nitrogens with zero attached hydrogens (tertiary/aromatic N) is 5. The van der Waals surface area contributed by atoms with Crippen LogP contribution in [-0.2, 0) is 7.05 Å². The SMILES string of the molecule is Cc1c(-c2cnn(C)c2)nc(N)c(C#N)c1-c1cccc(OCCCN(C)C)c1. The van der Waals surface area contributed by atoms with Crippen molar-refractivity contribution in [3.05, 3.63) is 47.8 Å². The van der Waals surface area contributed by atoms with Crippen LogP contribution in [0.15, 0.2) is 36.7 Å². The molecule has 0 unspecified atom stereocenters. The third-order valence-electron chi connectivity index (χ3n) is 4.70. The second-order valence-corrected chi connectivity index (χ2v) is 7.27. The Morgan fingerprint density at radius 1 is 1.28 bits per heavy atom. The summed E-state index contributed by atoms with van der Waals surface area (Å²) in [4.78, 5) is 6.61. The van der Waals surface area contributed by atoms with E-state index in [4.69, 9.17) is 10.5 Å². The summed E-state index contributed by atoms with van der Waals surface area (Å²) in [5.74, 6) is 0.979. The van der Waals surface area contributed by atoms with Crippen molar-refractivity contribution in [2.24, 2.45) is 7.05 Å². The monoisotopic (exact) mass is 390 g/mol. The number of hydrogen-bond donors (Lipinski definition) is 1. The zero-order valence-electron chi connectivity index (χ0n) is 17.3. The topological polar surface area (TPSA) is 93.0 Å². The first-order valence-electron chi connectivity index (χ1n) is 9.48. The predicted octanol–water partition coefficient (Wildman–Crippen LogP) is 3.24. The molecule has 0 aliphatic rings. The second-order valence-electron chi connectivity index (χ2n) is 7.27. The third-order valence-corrected chi connectivity index (χ3v) is 4.70. The molecule has 0 amide bonds. The summed E-state index contributed by atoms with van der Waals surface area (Å²) in [6.07, 6.45) is 4.57. The van der Waals surface area contributed by atoms with Gasteiger partial charge < -0.3 is 15.4 Å². The molecule has 7 heteroatoms. The number of hydrogen-bond acceptors (Lipinski definition) is 6. The average Bonchev–Trinajstić information content (AvgIpc) is 3.12. The number of pyridine rings is 1. The van der Waals surface area contributed by atoms with Gasteiger partial charge >= 0.3 is 0 Å². The summed E-state index contributed by atoms with van der Waals surface area (Å²) < 4.78 is 7.63. The minimum absolute atomic E-state index is 0.212. The Kier molecular flexibility index (Phi) is 6.15. The molecule has 7 nitrogen and oxygen atoms in total. The van der Waals surface area contributed by atoms with E-state index in [0.29, 0.717) is 12.2 Å². The lowest BCUT2D eigenvalue weighted by Gasteiger charge is -2.15. The van der Waals surface area contributed by atoms with E-state index in [-0.39, 0.29) is 5.82 Å². The largest absolute Gasteiger partial charge is 0.494 e. The van der Waals surface area contributed by atoms with Crippen molar-refractivity contribution < 1.29 is 4.74 Å². The van der Waals surface area contributed by atoms with Crippen LogP contribution in [0.25, 0.3) is 22.4 Å².